The highest BCUT2D eigenvalue weighted by molar-refractivity contribution is 5.46. The van der Waals surface area contributed by atoms with Gasteiger partial charge < -0.3 is 15.2 Å². The highest BCUT2D eigenvalue weighted by atomic mass is 19.1. The van der Waals surface area contributed by atoms with Crippen LogP contribution in [0.2, 0.25) is 0 Å². The summed E-state index contributed by atoms with van der Waals surface area (Å²) in [6, 6.07) is 3.14. The van der Waals surface area contributed by atoms with Crippen LogP contribution in [0.4, 0.5) is 4.39 Å². The lowest BCUT2D eigenvalue weighted by molar-refractivity contribution is 0.356. The van der Waals surface area contributed by atoms with Crippen molar-refractivity contribution in [2.24, 2.45) is 5.73 Å². The van der Waals surface area contributed by atoms with Crippen LogP contribution in [0.25, 0.3) is 0 Å². The molecular weight excluding hydrogens is 233 g/mol. The molecule has 2 rings (SSSR count). The molecule has 4 heteroatoms. The molecule has 0 unspecified atom stereocenters. The molecule has 0 atom stereocenters. The maximum atomic E-state index is 13.7. The maximum absolute atomic E-state index is 13.7. The van der Waals surface area contributed by atoms with Crippen molar-refractivity contribution in [3.05, 3.63) is 23.5 Å². The quantitative estimate of drug-likeness (QED) is 0.897. The van der Waals surface area contributed by atoms with Crippen LogP contribution in [0.3, 0.4) is 0 Å². The molecule has 1 aromatic rings. The van der Waals surface area contributed by atoms with Gasteiger partial charge in [-0.05, 0) is 18.9 Å². The Hall–Kier alpha value is -1.29. The summed E-state index contributed by atoms with van der Waals surface area (Å²) < 4.78 is 24.1. The van der Waals surface area contributed by atoms with E-state index >= 15 is 0 Å². The van der Waals surface area contributed by atoms with Gasteiger partial charge in [-0.1, -0.05) is 12.8 Å². The van der Waals surface area contributed by atoms with Gasteiger partial charge in [-0.3, -0.25) is 0 Å². The van der Waals surface area contributed by atoms with E-state index in [0.29, 0.717) is 12.3 Å². The molecule has 3 nitrogen and oxygen atoms in total. The molecule has 0 spiro atoms. The van der Waals surface area contributed by atoms with Crippen molar-refractivity contribution in [1.29, 1.82) is 0 Å². The van der Waals surface area contributed by atoms with Crippen molar-refractivity contribution in [3.8, 4) is 11.5 Å². The maximum Gasteiger partial charge on any atom is 0.168 e. The molecule has 0 bridgehead atoms. The van der Waals surface area contributed by atoms with E-state index in [1.807, 2.05) is 0 Å². The summed E-state index contributed by atoms with van der Waals surface area (Å²) in [5.74, 6) is 0.425. The van der Waals surface area contributed by atoms with Gasteiger partial charge >= 0.3 is 0 Å². The Bertz CT molecular complexity index is 428. The summed E-state index contributed by atoms with van der Waals surface area (Å²) in [5.41, 5.74) is 6.85. The summed E-state index contributed by atoms with van der Waals surface area (Å²) in [6.07, 6.45) is 4.35. The van der Waals surface area contributed by atoms with E-state index in [1.165, 1.54) is 13.2 Å². The lowest BCUT2D eigenvalue weighted by Gasteiger charge is -2.30. The highest BCUT2D eigenvalue weighted by Crippen LogP contribution is 2.45. The van der Waals surface area contributed by atoms with Gasteiger partial charge in [-0.2, -0.15) is 0 Å². The molecule has 1 aliphatic rings. The SMILES string of the molecule is COc1cc(C2(CN)CCCC2)c(OC)cc1F. The molecule has 1 aliphatic carbocycles. The van der Waals surface area contributed by atoms with Gasteiger partial charge in [0.2, 0.25) is 0 Å². The number of hydrogen-bond acceptors (Lipinski definition) is 3. The van der Waals surface area contributed by atoms with Gasteiger partial charge in [-0.15, -0.1) is 0 Å². The van der Waals surface area contributed by atoms with E-state index in [0.717, 1.165) is 31.2 Å². The molecule has 0 aliphatic heterocycles. The van der Waals surface area contributed by atoms with E-state index in [-0.39, 0.29) is 11.2 Å². The first-order valence-corrected chi connectivity index (χ1v) is 6.29. The van der Waals surface area contributed by atoms with Crippen LogP contribution in [0, 0.1) is 5.82 Å². The average molecular weight is 253 g/mol. The number of halogens is 1. The smallest absolute Gasteiger partial charge is 0.168 e. The second-order valence-electron chi connectivity index (χ2n) is 4.88. The Morgan fingerprint density at radius 2 is 1.78 bits per heavy atom. The monoisotopic (exact) mass is 253 g/mol. The number of rotatable bonds is 4. The molecule has 0 radical (unpaired) electrons. The van der Waals surface area contributed by atoms with Crippen molar-refractivity contribution < 1.29 is 13.9 Å². The Morgan fingerprint density at radius 1 is 1.17 bits per heavy atom. The second kappa shape index (κ2) is 5.14. The largest absolute Gasteiger partial charge is 0.496 e. The zero-order valence-electron chi connectivity index (χ0n) is 11.0. The van der Waals surface area contributed by atoms with Crippen LogP contribution in [0.5, 0.6) is 11.5 Å². The standard InChI is InChI=1S/C14H20FNO2/c1-17-12-8-11(15)13(18-2)7-10(12)14(9-16)5-3-4-6-14/h7-8H,3-6,9,16H2,1-2H3. The summed E-state index contributed by atoms with van der Waals surface area (Å²) in [6.45, 7) is 0.554. The van der Waals surface area contributed by atoms with Gasteiger partial charge in [-0.25, -0.2) is 4.39 Å². The van der Waals surface area contributed by atoms with Crippen LogP contribution in [0.1, 0.15) is 31.2 Å². The molecule has 0 aromatic heterocycles. The number of hydrogen-bond donors (Lipinski definition) is 1. The van der Waals surface area contributed by atoms with E-state index in [2.05, 4.69) is 0 Å². The van der Waals surface area contributed by atoms with E-state index in [9.17, 15) is 4.39 Å². The van der Waals surface area contributed by atoms with Crippen molar-refractivity contribution in [2.75, 3.05) is 20.8 Å². The fourth-order valence-corrected chi connectivity index (χ4v) is 2.91. The van der Waals surface area contributed by atoms with Crippen LogP contribution in [-0.2, 0) is 5.41 Å². The van der Waals surface area contributed by atoms with Crippen LogP contribution < -0.4 is 15.2 Å². The van der Waals surface area contributed by atoms with Crippen molar-refractivity contribution in [3.63, 3.8) is 0 Å². The minimum Gasteiger partial charge on any atom is -0.496 e. The fourth-order valence-electron chi connectivity index (χ4n) is 2.91. The van der Waals surface area contributed by atoms with E-state index in [1.54, 1.807) is 13.2 Å². The van der Waals surface area contributed by atoms with Gasteiger partial charge in [0.25, 0.3) is 0 Å². The Balaban J connectivity index is 2.53. The van der Waals surface area contributed by atoms with E-state index < -0.39 is 5.82 Å². The predicted octanol–water partition coefficient (Wildman–Crippen LogP) is 2.61. The van der Waals surface area contributed by atoms with Gasteiger partial charge in [0.05, 0.1) is 14.2 Å². The first kappa shape index (κ1) is 13.1. The molecule has 100 valence electrons. The third kappa shape index (κ3) is 2.05. The zero-order valence-corrected chi connectivity index (χ0v) is 11.0. The fraction of sp³-hybridized carbons (Fsp3) is 0.571. The van der Waals surface area contributed by atoms with Crippen molar-refractivity contribution in [2.45, 2.75) is 31.1 Å². The van der Waals surface area contributed by atoms with Crippen LogP contribution in [0.15, 0.2) is 12.1 Å². The van der Waals surface area contributed by atoms with E-state index in [4.69, 9.17) is 15.2 Å². The molecule has 18 heavy (non-hydrogen) atoms. The number of benzene rings is 1. The minimum absolute atomic E-state index is 0.0909. The normalized spacial score (nSPS) is 17.8. The lowest BCUT2D eigenvalue weighted by atomic mass is 9.78. The Morgan fingerprint density at radius 3 is 2.28 bits per heavy atom. The molecule has 0 amide bonds. The molecule has 2 N–H and O–H groups in total. The summed E-state index contributed by atoms with van der Waals surface area (Å²) in [5, 5.41) is 0. The van der Waals surface area contributed by atoms with Gasteiger partial charge in [0, 0.05) is 23.6 Å². The zero-order chi connectivity index (χ0) is 13.2. The number of methoxy groups -OCH3 is 2. The van der Waals surface area contributed by atoms with Crippen LogP contribution in [-0.4, -0.2) is 20.8 Å². The average Bonchev–Trinajstić information content (AvgIpc) is 2.88. The molecular formula is C14H20FNO2. The topological polar surface area (TPSA) is 44.5 Å². The molecule has 1 fully saturated rings. The molecule has 0 heterocycles. The molecule has 1 saturated carbocycles. The second-order valence-corrected chi connectivity index (χ2v) is 4.88. The summed E-state index contributed by atoms with van der Waals surface area (Å²) >= 11 is 0. The summed E-state index contributed by atoms with van der Waals surface area (Å²) in [7, 11) is 3.03. The lowest BCUT2D eigenvalue weighted by Crippen LogP contribution is -2.32. The van der Waals surface area contributed by atoms with Gasteiger partial charge in [0.15, 0.2) is 11.6 Å². The Kier molecular flexibility index (Phi) is 3.76. The number of nitrogens with two attached hydrogens (primary N) is 1. The first-order chi connectivity index (χ1) is 8.66. The molecule has 1 aromatic carbocycles. The van der Waals surface area contributed by atoms with Crippen molar-refractivity contribution in [1.82, 2.24) is 0 Å². The minimum atomic E-state index is -0.400. The number of ether oxygens (including phenoxy) is 2. The first-order valence-electron chi connectivity index (χ1n) is 6.29. The predicted molar refractivity (Wildman–Crippen MR) is 68.7 cm³/mol. The third-order valence-corrected chi connectivity index (χ3v) is 4.00. The van der Waals surface area contributed by atoms with Crippen molar-refractivity contribution >= 4 is 0 Å². The summed E-state index contributed by atoms with van der Waals surface area (Å²) in [4.78, 5) is 0. The molecule has 0 saturated heterocycles. The van der Waals surface area contributed by atoms with Gasteiger partial charge in [0.1, 0.15) is 5.75 Å². The third-order valence-electron chi connectivity index (χ3n) is 4.00. The van der Waals surface area contributed by atoms with Crippen LogP contribution >= 0.6 is 0 Å². The highest BCUT2D eigenvalue weighted by Gasteiger charge is 2.37. The Labute approximate surface area is 107 Å².